The highest BCUT2D eigenvalue weighted by Gasteiger charge is 2.35. The maximum atomic E-state index is 12.3. The monoisotopic (exact) mass is 334 g/mol. The zero-order valence-corrected chi connectivity index (χ0v) is 13.6. The predicted molar refractivity (Wildman–Crippen MR) is 84.8 cm³/mol. The van der Waals surface area contributed by atoms with E-state index in [-0.39, 0.29) is 24.2 Å². The van der Waals surface area contributed by atoms with Crippen molar-refractivity contribution in [2.75, 3.05) is 11.9 Å². The van der Waals surface area contributed by atoms with E-state index < -0.39 is 0 Å². The van der Waals surface area contributed by atoms with E-state index in [9.17, 15) is 9.59 Å². The number of amides is 2. The lowest BCUT2D eigenvalue weighted by Gasteiger charge is -2.14. The average molecular weight is 334 g/mol. The number of hydrogen-bond acceptors (Lipinski definition) is 6. The molecule has 1 aliphatic heterocycles. The van der Waals surface area contributed by atoms with Crippen molar-refractivity contribution in [2.24, 2.45) is 5.92 Å². The van der Waals surface area contributed by atoms with Gasteiger partial charge in [0.25, 0.3) is 0 Å². The molecule has 0 aliphatic carbocycles. The molecule has 1 aliphatic rings. The molecule has 0 aromatic carbocycles. The Kier molecular flexibility index (Phi) is 4.71. The molecule has 3 heterocycles. The van der Waals surface area contributed by atoms with E-state index in [0.29, 0.717) is 24.0 Å². The van der Waals surface area contributed by atoms with Gasteiger partial charge in [0, 0.05) is 19.4 Å². The first-order valence-corrected chi connectivity index (χ1v) is 8.40. The van der Waals surface area contributed by atoms with Crippen LogP contribution in [0.5, 0.6) is 0 Å². The molecule has 23 heavy (non-hydrogen) atoms. The van der Waals surface area contributed by atoms with Crippen LogP contribution in [-0.4, -0.2) is 33.5 Å². The van der Waals surface area contributed by atoms with Gasteiger partial charge in [0.05, 0.1) is 18.7 Å². The molecule has 2 amide bonds. The lowest BCUT2D eigenvalue weighted by atomic mass is 10.1. The number of rotatable bonds is 6. The van der Waals surface area contributed by atoms with Gasteiger partial charge in [-0.15, -0.1) is 10.2 Å². The molecule has 0 radical (unpaired) electrons. The summed E-state index contributed by atoms with van der Waals surface area (Å²) in [6.45, 7) is 2.86. The van der Waals surface area contributed by atoms with Crippen molar-refractivity contribution in [3.8, 4) is 0 Å². The Morgan fingerprint density at radius 1 is 1.52 bits per heavy atom. The Labute approximate surface area is 137 Å². The summed E-state index contributed by atoms with van der Waals surface area (Å²) in [7, 11) is 0. The molecule has 1 saturated heterocycles. The van der Waals surface area contributed by atoms with Gasteiger partial charge in [-0.3, -0.25) is 9.59 Å². The van der Waals surface area contributed by atoms with E-state index in [1.54, 1.807) is 17.2 Å². The molecule has 0 spiro atoms. The van der Waals surface area contributed by atoms with Gasteiger partial charge in [-0.2, -0.15) is 0 Å². The fourth-order valence-corrected chi connectivity index (χ4v) is 3.36. The van der Waals surface area contributed by atoms with Crippen LogP contribution in [0, 0.1) is 5.92 Å². The topological polar surface area (TPSA) is 88.3 Å². The Morgan fingerprint density at radius 3 is 3.13 bits per heavy atom. The van der Waals surface area contributed by atoms with Crippen molar-refractivity contribution in [1.82, 2.24) is 15.1 Å². The first kappa shape index (κ1) is 15.7. The third-order valence-corrected chi connectivity index (χ3v) is 4.57. The highest BCUT2D eigenvalue weighted by atomic mass is 32.1. The van der Waals surface area contributed by atoms with Crippen molar-refractivity contribution < 1.29 is 14.0 Å². The number of nitrogens with zero attached hydrogens (tertiary/aromatic N) is 3. The molecule has 0 saturated carbocycles. The molecule has 2 aromatic heterocycles. The fourth-order valence-electron chi connectivity index (χ4n) is 2.52. The number of likely N-dealkylation sites (tertiary alicyclic amines) is 1. The molecule has 8 heteroatoms. The fraction of sp³-hybridized carbons (Fsp3) is 0.467. The van der Waals surface area contributed by atoms with E-state index in [0.717, 1.165) is 17.8 Å². The standard InChI is InChI=1S/C15H18N4O3S/c1-2-4-12-17-18-15(23-12)16-14(21)10-7-13(20)19(8-10)9-11-5-3-6-22-11/h3,5-6,10H,2,4,7-9H2,1H3,(H,16,18,21)/t10-/m0/s1. The summed E-state index contributed by atoms with van der Waals surface area (Å²) in [6.07, 6.45) is 3.63. The van der Waals surface area contributed by atoms with Gasteiger partial charge in [0.1, 0.15) is 10.8 Å². The predicted octanol–water partition coefficient (Wildman–Crippen LogP) is 2.07. The summed E-state index contributed by atoms with van der Waals surface area (Å²) < 4.78 is 5.25. The quantitative estimate of drug-likeness (QED) is 0.873. The Bertz CT molecular complexity index is 683. The van der Waals surface area contributed by atoms with Crippen LogP contribution in [0.3, 0.4) is 0 Å². The maximum absolute atomic E-state index is 12.3. The molecule has 122 valence electrons. The zero-order chi connectivity index (χ0) is 16.2. The number of anilines is 1. The summed E-state index contributed by atoms with van der Waals surface area (Å²) in [4.78, 5) is 26.0. The van der Waals surface area contributed by atoms with Crippen molar-refractivity contribution in [1.29, 1.82) is 0 Å². The zero-order valence-electron chi connectivity index (χ0n) is 12.8. The van der Waals surface area contributed by atoms with Crippen molar-refractivity contribution in [3.05, 3.63) is 29.2 Å². The van der Waals surface area contributed by atoms with Gasteiger partial charge in [-0.1, -0.05) is 18.3 Å². The number of carbonyl (C=O) groups is 2. The summed E-state index contributed by atoms with van der Waals surface area (Å²) in [5.41, 5.74) is 0. The lowest BCUT2D eigenvalue weighted by Crippen LogP contribution is -2.27. The van der Waals surface area contributed by atoms with E-state index in [2.05, 4.69) is 22.4 Å². The van der Waals surface area contributed by atoms with E-state index in [1.165, 1.54) is 11.3 Å². The van der Waals surface area contributed by atoms with Gasteiger partial charge in [-0.05, 0) is 18.6 Å². The molecule has 1 fully saturated rings. The van der Waals surface area contributed by atoms with Gasteiger partial charge in [0.15, 0.2) is 0 Å². The highest BCUT2D eigenvalue weighted by Crippen LogP contribution is 2.23. The molecular weight excluding hydrogens is 316 g/mol. The Hall–Kier alpha value is -2.22. The summed E-state index contributed by atoms with van der Waals surface area (Å²) >= 11 is 1.38. The first-order valence-electron chi connectivity index (χ1n) is 7.59. The number of carbonyl (C=O) groups excluding carboxylic acids is 2. The Balaban J connectivity index is 1.56. The van der Waals surface area contributed by atoms with Crippen molar-refractivity contribution >= 4 is 28.3 Å². The van der Waals surface area contributed by atoms with Crippen LogP contribution < -0.4 is 5.32 Å². The van der Waals surface area contributed by atoms with Gasteiger partial charge >= 0.3 is 0 Å². The minimum absolute atomic E-state index is 0.0366. The van der Waals surface area contributed by atoms with Crippen LogP contribution in [0.15, 0.2) is 22.8 Å². The third-order valence-electron chi connectivity index (χ3n) is 3.67. The van der Waals surface area contributed by atoms with Gasteiger partial charge in [0.2, 0.25) is 16.9 Å². The van der Waals surface area contributed by atoms with Crippen molar-refractivity contribution in [3.63, 3.8) is 0 Å². The highest BCUT2D eigenvalue weighted by molar-refractivity contribution is 7.15. The van der Waals surface area contributed by atoms with Crippen LogP contribution in [0.2, 0.25) is 0 Å². The number of aromatic nitrogens is 2. The lowest BCUT2D eigenvalue weighted by molar-refractivity contribution is -0.128. The largest absolute Gasteiger partial charge is 0.467 e. The molecule has 2 aromatic rings. The van der Waals surface area contributed by atoms with Crippen LogP contribution >= 0.6 is 11.3 Å². The van der Waals surface area contributed by atoms with Crippen LogP contribution in [0.1, 0.15) is 30.5 Å². The number of nitrogens with one attached hydrogen (secondary N) is 1. The van der Waals surface area contributed by atoms with Crippen LogP contribution in [-0.2, 0) is 22.6 Å². The average Bonchev–Trinajstić information content (AvgIpc) is 3.24. The summed E-state index contributed by atoms with van der Waals surface area (Å²) in [6, 6.07) is 3.60. The van der Waals surface area contributed by atoms with Gasteiger partial charge < -0.3 is 14.6 Å². The molecule has 1 N–H and O–H groups in total. The van der Waals surface area contributed by atoms with E-state index >= 15 is 0 Å². The minimum atomic E-state index is -0.365. The SMILES string of the molecule is CCCc1nnc(NC(=O)[C@H]2CC(=O)N(Cc3ccco3)C2)s1. The number of aryl methyl sites for hydroxylation is 1. The van der Waals surface area contributed by atoms with E-state index in [1.807, 2.05) is 6.07 Å². The van der Waals surface area contributed by atoms with E-state index in [4.69, 9.17) is 4.42 Å². The van der Waals surface area contributed by atoms with Crippen molar-refractivity contribution in [2.45, 2.75) is 32.7 Å². The van der Waals surface area contributed by atoms with Crippen LogP contribution in [0.25, 0.3) is 0 Å². The first-order chi connectivity index (χ1) is 11.2. The third kappa shape index (κ3) is 3.76. The normalized spacial score (nSPS) is 17.7. The smallest absolute Gasteiger partial charge is 0.231 e. The molecule has 7 nitrogen and oxygen atoms in total. The van der Waals surface area contributed by atoms with Gasteiger partial charge in [-0.25, -0.2) is 0 Å². The number of hydrogen-bond donors (Lipinski definition) is 1. The number of furan rings is 1. The maximum Gasteiger partial charge on any atom is 0.231 e. The second-order valence-electron chi connectivity index (χ2n) is 5.49. The minimum Gasteiger partial charge on any atom is -0.467 e. The summed E-state index contributed by atoms with van der Waals surface area (Å²) in [5, 5.41) is 12.2. The molecule has 1 atom stereocenters. The van der Waals surface area contributed by atoms with Crippen LogP contribution in [0.4, 0.5) is 5.13 Å². The molecule has 3 rings (SSSR count). The molecule has 0 bridgehead atoms. The summed E-state index contributed by atoms with van der Waals surface area (Å²) in [5.74, 6) is 0.133. The molecule has 0 unspecified atom stereocenters. The second kappa shape index (κ2) is 6.91. The second-order valence-corrected chi connectivity index (χ2v) is 6.56. The molecular formula is C15H18N4O3S. The Morgan fingerprint density at radius 2 is 2.39 bits per heavy atom.